The second kappa shape index (κ2) is 8.66. The van der Waals surface area contributed by atoms with Crippen molar-refractivity contribution >= 4 is 17.3 Å². The Labute approximate surface area is 178 Å². The summed E-state index contributed by atoms with van der Waals surface area (Å²) in [5.74, 6) is 0.279. The lowest BCUT2D eigenvalue weighted by atomic mass is 10.1. The van der Waals surface area contributed by atoms with Crippen LogP contribution >= 0.6 is 0 Å². The SMILES string of the molecule is CN1CCN(c2ccc(NC(=O)c3ccc4c(c3)OCCCO4)c(C(F)(F)F)c2)CC1. The van der Waals surface area contributed by atoms with Gasteiger partial charge in [0.1, 0.15) is 0 Å². The number of hydrogen-bond acceptors (Lipinski definition) is 5. The molecule has 2 aromatic rings. The monoisotopic (exact) mass is 435 g/mol. The number of rotatable bonds is 3. The highest BCUT2D eigenvalue weighted by Crippen LogP contribution is 2.38. The van der Waals surface area contributed by atoms with Gasteiger partial charge < -0.3 is 24.6 Å². The van der Waals surface area contributed by atoms with Crippen molar-refractivity contribution in [2.45, 2.75) is 12.6 Å². The van der Waals surface area contributed by atoms with Crippen LogP contribution in [0.4, 0.5) is 24.5 Å². The first-order valence-electron chi connectivity index (χ1n) is 10.2. The third-order valence-corrected chi connectivity index (χ3v) is 5.43. The quantitative estimate of drug-likeness (QED) is 0.793. The van der Waals surface area contributed by atoms with Crippen LogP contribution in [0.5, 0.6) is 11.5 Å². The van der Waals surface area contributed by atoms with Crippen LogP contribution in [0.3, 0.4) is 0 Å². The van der Waals surface area contributed by atoms with Gasteiger partial charge in [-0.2, -0.15) is 13.2 Å². The molecule has 0 unspecified atom stereocenters. The van der Waals surface area contributed by atoms with E-state index in [-0.39, 0.29) is 11.3 Å². The molecule has 0 aliphatic carbocycles. The predicted octanol–water partition coefficient (Wildman–Crippen LogP) is 3.87. The number of fused-ring (bicyclic) bond motifs is 1. The highest BCUT2D eigenvalue weighted by atomic mass is 19.4. The van der Waals surface area contributed by atoms with E-state index in [1.807, 2.05) is 11.9 Å². The minimum absolute atomic E-state index is 0.195. The summed E-state index contributed by atoms with van der Waals surface area (Å²) in [5.41, 5.74) is -0.455. The van der Waals surface area contributed by atoms with Gasteiger partial charge in [0, 0.05) is 43.9 Å². The molecular formula is C22H24F3N3O3. The first-order chi connectivity index (χ1) is 14.8. The molecule has 2 heterocycles. The number of alkyl halides is 3. The van der Waals surface area contributed by atoms with E-state index in [1.54, 1.807) is 12.1 Å². The van der Waals surface area contributed by atoms with E-state index in [2.05, 4.69) is 10.2 Å². The van der Waals surface area contributed by atoms with Crippen LogP contribution in [-0.2, 0) is 6.18 Å². The average Bonchev–Trinajstić information content (AvgIpc) is 2.98. The maximum Gasteiger partial charge on any atom is 0.418 e. The molecule has 6 nitrogen and oxygen atoms in total. The van der Waals surface area contributed by atoms with Crippen molar-refractivity contribution in [3.05, 3.63) is 47.5 Å². The fourth-order valence-corrected chi connectivity index (χ4v) is 3.64. The summed E-state index contributed by atoms with van der Waals surface area (Å²) in [6.45, 7) is 3.82. The van der Waals surface area contributed by atoms with Crippen LogP contribution in [0, 0.1) is 0 Å². The molecule has 1 N–H and O–H groups in total. The Morgan fingerprint density at radius 1 is 0.968 bits per heavy atom. The van der Waals surface area contributed by atoms with Gasteiger partial charge >= 0.3 is 6.18 Å². The molecule has 1 fully saturated rings. The van der Waals surface area contributed by atoms with Crippen LogP contribution in [0.15, 0.2) is 36.4 Å². The summed E-state index contributed by atoms with van der Waals surface area (Å²) < 4.78 is 52.4. The smallest absolute Gasteiger partial charge is 0.418 e. The van der Waals surface area contributed by atoms with Crippen molar-refractivity contribution < 1.29 is 27.4 Å². The Kier molecular flexibility index (Phi) is 5.95. The van der Waals surface area contributed by atoms with E-state index in [9.17, 15) is 18.0 Å². The standard InChI is InChI=1S/C22H24F3N3O3/c1-27-7-9-28(10-8-27)16-4-5-18(17(14-16)22(23,24)25)26-21(29)15-3-6-19-20(13-15)31-12-2-11-30-19/h3-6,13-14H,2,7-12H2,1H3,(H,26,29). The zero-order valence-corrected chi connectivity index (χ0v) is 17.2. The maximum absolute atomic E-state index is 13.8. The van der Waals surface area contributed by atoms with Crippen LogP contribution in [0.25, 0.3) is 0 Å². The number of likely N-dealkylation sites (N-methyl/N-ethyl adjacent to an activating group) is 1. The van der Waals surface area contributed by atoms with Crippen molar-refractivity contribution in [2.24, 2.45) is 0 Å². The van der Waals surface area contributed by atoms with Crippen LogP contribution in [0.1, 0.15) is 22.3 Å². The molecular weight excluding hydrogens is 411 g/mol. The summed E-state index contributed by atoms with van der Waals surface area (Å²) in [6.07, 6.45) is -3.89. The molecule has 9 heteroatoms. The molecule has 1 saturated heterocycles. The van der Waals surface area contributed by atoms with Gasteiger partial charge in [0.15, 0.2) is 11.5 Å². The molecule has 2 aliphatic rings. The van der Waals surface area contributed by atoms with Crippen LogP contribution in [-0.4, -0.2) is 57.2 Å². The molecule has 2 aromatic carbocycles. The molecule has 0 atom stereocenters. The van der Waals surface area contributed by atoms with Gasteiger partial charge in [-0.1, -0.05) is 0 Å². The molecule has 0 aromatic heterocycles. The van der Waals surface area contributed by atoms with Crippen molar-refractivity contribution in [3.63, 3.8) is 0 Å². The predicted molar refractivity (Wildman–Crippen MR) is 111 cm³/mol. The lowest BCUT2D eigenvalue weighted by molar-refractivity contribution is -0.136. The van der Waals surface area contributed by atoms with Crippen molar-refractivity contribution in [1.82, 2.24) is 4.90 Å². The number of anilines is 2. The zero-order chi connectivity index (χ0) is 22.0. The number of piperazine rings is 1. The summed E-state index contributed by atoms with van der Waals surface area (Å²) in [5, 5.41) is 2.41. The molecule has 166 valence electrons. The summed E-state index contributed by atoms with van der Waals surface area (Å²) >= 11 is 0. The van der Waals surface area contributed by atoms with Gasteiger partial charge in [-0.3, -0.25) is 4.79 Å². The van der Waals surface area contributed by atoms with E-state index in [0.29, 0.717) is 49.9 Å². The van der Waals surface area contributed by atoms with Gasteiger partial charge in [0.2, 0.25) is 0 Å². The molecule has 2 aliphatic heterocycles. The number of benzene rings is 2. The van der Waals surface area contributed by atoms with Crippen molar-refractivity contribution in [2.75, 3.05) is 56.7 Å². The average molecular weight is 435 g/mol. The van der Waals surface area contributed by atoms with Gasteiger partial charge in [-0.25, -0.2) is 0 Å². The Hall–Kier alpha value is -2.94. The molecule has 4 rings (SSSR count). The first-order valence-corrected chi connectivity index (χ1v) is 10.2. The summed E-state index contributed by atoms with van der Waals surface area (Å²) in [4.78, 5) is 16.7. The van der Waals surface area contributed by atoms with Gasteiger partial charge in [-0.05, 0) is 43.4 Å². The Bertz CT molecular complexity index is 957. The van der Waals surface area contributed by atoms with Gasteiger partial charge in [0.25, 0.3) is 5.91 Å². The van der Waals surface area contributed by atoms with Crippen LogP contribution < -0.4 is 19.7 Å². The minimum Gasteiger partial charge on any atom is -0.490 e. The number of hydrogen-bond donors (Lipinski definition) is 1. The number of nitrogens with zero attached hydrogens (tertiary/aromatic N) is 2. The largest absolute Gasteiger partial charge is 0.490 e. The molecule has 0 bridgehead atoms. The van der Waals surface area contributed by atoms with E-state index in [4.69, 9.17) is 9.47 Å². The number of carbonyl (C=O) groups is 1. The lowest BCUT2D eigenvalue weighted by Crippen LogP contribution is -2.44. The highest BCUT2D eigenvalue weighted by molar-refractivity contribution is 6.05. The Morgan fingerprint density at radius 2 is 1.68 bits per heavy atom. The third kappa shape index (κ3) is 4.87. The van der Waals surface area contributed by atoms with E-state index < -0.39 is 17.6 Å². The number of halogens is 3. The fraction of sp³-hybridized carbons (Fsp3) is 0.409. The molecule has 31 heavy (non-hydrogen) atoms. The van der Waals surface area contributed by atoms with Crippen LogP contribution in [0.2, 0.25) is 0 Å². The topological polar surface area (TPSA) is 54.0 Å². The fourth-order valence-electron chi connectivity index (χ4n) is 3.64. The highest BCUT2D eigenvalue weighted by Gasteiger charge is 2.35. The normalized spacial score (nSPS) is 17.2. The second-order valence-electron chi connectivity index (χ2n) is 7.68. The second-order valence-corrected chi connectivity index (χ2v) is 7.68. The number of carbonyl (C=O) groups excluding carboxylic acids is 1. The first kappa shape index (κ1) is 21.3. The van der Waals surface area contributed by atoms with E-state index in [0.717, 1.165) is 19.2 Å². The Morgan fingerprint density at radius 3 is 2.39 bits per heavy atom. The summed E-state index contributed by atoms with van der Waals surface area (Å²) in [7, 11) is 1.98. The summed E-state index contributed by atoms with van der Waals surface area (Å²) in [6, 6.07) is 8.63. The lowest BCUT2D eigenvalue weighted by Gasteiger charge is -2.34. The molecule has 0 radical (unpaired) electrons. The third-order valence-electron chi connectivity index (χ3n) is 5.43. The van der Waals surface area contributed by atoms with Gasteiger partial charge in [-0.15, -0.1) is 0 Å². The molecule has 0 spiro atoms. The number of ether oxygens (including phenoxy) is 2. The Balaban J connectivity index is 1.57. The van der Waals surface area contributed by atoms with Gasteiger partial charge in [0.05, 0.1) is 24.5 Å². The number of nitrogens with one attached hydrogen (secondary N) is 1. The molecule has 0 saturated carbocycles. The van der Waals surface area contributed by atoms with E-state index in [1.165, 1.54) is 18.2 Å². The van der Waals surface area contributed by atoms with Crippen molar-refractivity contribution in [3.8, 4) is 11.5 Å². The zero-order valence-electron chi connectivity index (χ0n) is 17.2. The maximum atomic E-state index is 13.8. The molecule has 1 amide bonds. The minimum atomic E-state index is -4.60. The number of amides is 1. The van der Waals surface area contributed by atoms with Crippen molar-refractivity contribution in [1.29, 1.82) is 0 Å². The van der Waals surface area contributed by atoms with E-state index >= 15 is 0 Å².